The Morgan fingerprint density at radius 3 is 2.71 bits per heavy atom. The molecule has 1 unspecified atom stereocenters. The second-order valence-electron chi connectivity index (χ2n) is 5.99. The number of aliphatic hydroxyl groups is 1. The molecule has 7 heteroatoms. The summed E-state index contributed by atoms with van der Waals surface area (Å²) in [6.45, 7) is 4.04. The third-order valence-corrected chi connectivity index (χ3v) is 3.64. The van der Waals surface area contributed by atoms with E-state index in [2.05, 4.69) is 15.5 Å². The predicted octanol–water partition coefficient (Wildman–Crippen LogP) is 2.33. The number of benzene rings is 1. The van der Waals surface area contributed by atoms with Crippen LogP contribution in [0.5, 0.6) is 0 Å². The molecule has 2 N–H and O–H groups in total. The lowest BCUT2D eigenvalue weighted by Crippen LogP contribution is -2.34. The lowest BCUT2D eigenvalue weighted by molar-refractivity contribution is -0.121. The maximum atomic E-state index is 12.9. The van der Waals surface area contributed by atoms with Crippen molar-refractivity contribution in [2.75, 3.05) is 6.54 Å². The van der Waals surface area contributed by atoms with Gasteiger partial charge >= 0.3 is 0 Å². The average Bonchev–Trinajstić information content (AvgIpc) is 3.02. The number of aromatic nitrogens is 2. The van der Waals surface area contributed by atoms with Gasteiger partial charge in [0, 0.05) is 24.9 Å². The minimum atomic E-state index is -0.539. The molecule has 2 rings (SSSR count). The minimum absolute atomic E-state index is 0.105. The third-order valence-electron chi connectivity index (χ3n) is 3.64. The summed E-state index contributed by atoms with van der Waals surface area (Å²) in [5, 5.41) is 16.2. The van der Waals surface area contributed by atoms with E-state index in [0.717, 1.165) is 0 Å². The summed E-state index contributed by atoms with van der Waals surface area (Å²) < 4.78 is 18.0. The predicted molar refractivity (Wildman–Crippen MR) is 86.5 cm³/mol. The zero-order valence-corrected chi connectivity index (χ0v) is 13.8. The molecule has 1 aromatic carbocycles. The van der Waals surface area contributed by atoms with Crippen LogP contribution in [0.15, 0.2) is 28.8 Å². The number of hydrogen-bond donors (Lipinski definition) is 2. The van der Waals surface area contributed by atoms with Gasteiger partial charge in [0.15, 0.2) is 0 Å². The number of aryl methyl sites for hydroxylation is 1. The first-order valence-electron chi connectivity index (χ1n) is 7.99. The van der Waals surface area contributed by atoms with Gasteiger partial charge in [0.25, 0.3) is 0 Å². The molecule has 0 bridgehead atoms. The van der Waals surface area contributed by atoms with E-state index in [4.69, 9.17) is 4.52 Å². The lowest BCUT2D eigenvalue weighted by atomic mass is 10.1. The summed E-state index contributed by atoms with van der Waals surface area (Å²) >= 11 is 0. The van der Waals surface area contributed by atoms with Crippen LogP contribution in [0.4, 0.5) is 4.39 Å². The third kappa shape index (κ3) is 5.42. The van der Waals surface area contributed by atoms with Crippen molar-refractivity contribution >= 4 is 5.91 Å². The maximum Gasteiger partial charge on any atom is 0.226 e. The van der Waals surface area contributed by atoms with Crippen LogP contribution in [0, 0.1) is 11.7 Å². The first-order chi connectivity index (χ1) is 11.5. The van der Waals surface area contributed by atoms with E-state index in [1.165, 1.54) is 12.1 Å². The zero-order chi connectivity index (χ0) is 17.5. The molecule has 0 aliphatic heterocycles. The standard InChI is InChI=1S/C17H22FN3O3/c1-11(2)14(22)10-19-15(23)4-3-5-16-20-17(21-24-16)12-6-8-13(18)9-7-12/h6-9,11,14,22H,3-5,10H2,1-2H3,(H,19,23). The smallest absolute Gasteiger partial charge is 0.226 e. The molecular formula is C17H22FN3O3. The largest absolute Gasteiger partial charge is 0.391 e. The van der Waals surface area contributed by atoms with Gasteiger partial charge in [0.1, 0.15) is 5.82 Å². The van der Waals surface area contributed by atoms with Crippen LogP contribution < -0.4 is 5.32 Å². The van der Waals surface area contributed by atoms with Crippen LogP contribution >= 0.6 is 0 Å². The molecule has 0 aliphatic carbocycles. The Morgan fingerprint density at radius 2 is 2.04 bits per heavy atom. The van der Waals surface area contributed by atoms with Crippen molar-refractivity contribution in [1.29, 1.82) is 0 Å². The monoisotopic (exact) mass is 335 g/mol. The number of carbonyl (C=O) groups is 1. The fraction of sp³-hybridized carbons (Fsp3) is 0.471. The van der Waals surface area contributed by atoms with Crippen LogP contribution in [0.25, 0.3) is 11.4 Å². The Labute approximate surface area is 140 Å². The van der Waals surface area contributed by atoms with Crippen LogP contribution in [-0.2, 0) is 11.2 Å². The highest BCUT2D eigenvalue weighted by Gasteiger charge is 2.12. The van der Waals surface area contributed by atoms with Crippen LogP contribution in [0.1, 0.15) is 32.6 Å². The molecule has 0 aliphatic rings. The number of halogens is 1. The molecule has 0 saturated heterocycles. The van der Waals surface area contributed by atoms with E-state index in [9.17, 15) is 14.3 Å². The second-order valence-corrected chi connectivity index (χ2v) is 5.99. The lowest BCUT2D eigenvalue weighted by Gasteiger charge is -2.14. The summed E-state index contributed by atoms with van der Waals surface area (Å²) in [5.74, 6) is 0.497. The summed E-state index contributed by atoms with van der Waals surface area (Å²) in [7, 11) is 0. The fourth-order valence-corrected chi connectivity index (χ4v) is 2.02. The van der Waals surface area contributed by atoms with Crippen LogP contribution in [0.2, 0.25) is 0 Å². The Balaban J connectivity index is 1.75. The number of nitrogens with zero attached hydrogens (tertiary/aromatic N) is 2. The Morgan fingerprint density at radius 1 is 1.33 bits per heavy atom. The summed E-state index contributed by atoms with van der Waals surface area (Å²) in [4.78, 5) is 15.9. The molecular weight excluding hydrogens is 313 g/mol. The maximum absolute atomic E-state index is 12.9. The van der Waals surface area contributed by atoms with Gasteiger partial charge in [-0.15, -0.1) is 0 Å². The highest BCUT2D eigenvalue weighted by Crippen LogP contribution is 2.16. The van der Waals surface area contributed by atoms with Gasteiger partial charge in [-0.2, -0.15) is 4.98 Å². The fourth-order valence-electron chi connectivity index (χ4n) is 2.02. The van der Waals surface area contributed by atoms with Gasteiger partial charge in [-0.3, -0.25) is 4.79 Å². The van der Waals surface area contributed by atoms with E-state index in [1.54, 1.807) is 12.1 Å². The molecule has 0 saturated carbocycles. The number of aliphatic hydroxyl groups excluding tert-OH is 1. The Hall–Kier alpha value is -2.28. The molecule has 130 valence electrons. The minimum Gasteiger partial charge on any atom is -0.391 e. The van der Waals surface area contributed by atoms with E-state index < -0.39 is 6.10 Å². The van der Waals surface area contributed by atoms with Crippen LogP contribution in [-0.4, -0.2) is 33.8 Å². The van der Waals surface area contributed by atoms with Crippen molar-refractivity contribution in [3.8, 4) is 11.4 Å². The van der Waals surface area contributed by atoms with Gasteiger partial charge in [0.2, 0.25) is 17.6 Å². The number of hydrogen-bond acceptors (Lipinski definition) is 5. The molecule has 6 nitrogen and oxygen atoms in total. The highest BCUT2D eigenvalue weighted by molar-refractivity contribution is 5.75. The van der Waals surface area contributed by atoms with Gasteiger partial charge in [-0.25, -0.2) is 4.39 Å². The van der Waals surface area contributed by atoms with Crippen molar-refractivity contribution in [3.63, 3.8) is 0 Å². The number of amides is 1. The SMILES string of the molecule is CC(C)C(O)CNC(=O)CCCc1nc(-c2ccc(F)cc2)no1. The normalized spacial score (nSPS) is 12.4. The van der Waals surface area contributed by atoms with Gasteiger partial charge in [-0.05, 0) is 36.6 Å². The summed E-state index contributed by atoms with van der Waals surface area (Å²) in [6.07, 6.45) is 0.824. The van der Waals surface area contributed by atoms with Crippen molar-refractivity contribution in [2.24, 2.45) is 5.92 Å². The molecule has 1 amide bonds. The van der Waals surface area contributed by atoms with Crippen molar-refractivity contribution < 1.29 is 18.8 Å². The Kier molecular flexibility index (Phi) is 6.43. The highest BCUT2D eigenvalue weighted by atomic mass is 19.1. The molecule has 24 heavy (non-hydrogen) atoms. The number of rotatable bonds is 8. The second kappa shape index (κ2) is 8.54. The van der Waals surface area contributed by atoms with E-state index in [0.29, 0.717) is 36.5 Å². The van der Waals surface area contributed by atoms with Gasteiger partial charge in [0.05, 0.1) is 6.10 Å². The molecule has 0 spiro atoms. The van der Waals surface area contributed by atoms with Gasteiger partial charge in [-0.1, -0.05) is 19.0 Å². The first-order valence-corrected chi connectivity index (χ1v) is 7.99. The topological polar surface area (TPSA) is 88.2 Å². The van der Waals surface area contributed by atoms with E-state index in [1.807, 2.05) is 13.8 Å². The molecule has 1 heterocycles. The molecule has 1 aromatic heterocycles. The van der Waals surface area contributed by atoms with E-state index >= 15 is 0 Å². The van der Waals surface area contributed by atoms with Crippen LogP contribution in [0.3, 0.4) is 0 Å². The number of carbonyl (C=O) groups excluding carboxylic acids is 1. The summed E-state index contributed by atoms with van der Waals surface area (Å²) in [5.41, 5.74) is 0.673. The van der Waals surface area contributed by atoms with Crippen molar-refractivity contribution in [3.05, 3.63) is 36.0 Å². The zero-order valence-electron chi connectivity index (χ0n) is 13.8. The van der Waals surface area contributed by atoms with Crippen molar-refractivity contribution in [2.45, 2.75) is 39.2 Å². The molecule has 0 fully saturated rings. The van der Waals surface area contributed by atoms with E-state index in [-0.39, 0.29) is 24.2 Å². The number of nitrogens with one attached hydrogen (secondary N) is 1. The molecule has 2 aromatic rings. The van der Waals surface area contributed by atoms with Gasteiger partial charge < -0.3 is 14.9 Å². The first kappa shape index (κ1) is 18.1. The average molecular weight is 335 g/mol. The quantitative estimate of drug-likeness (QED) is 0.773. The molecule has 1 atom stereocenters. The van der Waals surface area contributed by atoms with Crippen molar-refractivity contribution in [1.82, 2.24) is 15.5 Å². The summed E-state index contributed by atoms with van der Waals surface area (Å²) in [6, 6.07) is 5.83. The molecule has 0 radical (unpaired) electrons. The Bertz CT molecular complexity index is 655.